The van der Waals surface area contributed by atoms with Crippen molar-refractivity contribution in [1.82, 2.24) is 5.32 Å². The Bertz CT molecular complexity index is 499. The third kappa shape index (κ3) is 4.34. The average Bonchev–Trinajstić information content (AvgIpc) is 2.42. The van der Waals surface area contributed by atoms with Crippen LogP contribution >= 0.6 is 0 Å². The van der Waals surface area contributed by atoms with Crippen LogP contribution in [0.4, 0.5) is 0 Å². The molecular weight excluding hydrogens is 248 g/mol. The Labute approximate surface area is 110 Å². The number of rotatable bonds is 7. The first-order valence-corrected chi connectivity index (χ1v) is 5.67. The summed E-state index contributed by atoms with van der Waals surface area (Å²) in [6, 6.07) is 5.42. The Morgan fingerprint density at radius 3 is 2.53 bits per heavy atom. The molecule has 0 aliphatic heterocycles. The standard InChI is InChI=1S/C13H14N2O4/c14-12(18)6-5-10(8-17)15-13(19)11-4-2-1-3-9(11)7-16/h1-4,7-8,10H,5-6H2,(H2,14,18)(H,15,19). The Morgan fingerprint density at radius 2 is 1.95 bits per heavy atom. The molecule has 0 bridgehead atoms. The number of hydrogen-bond acceptors (Lipinski definition) is 4. The molecule has 1 unspecified atom stereocenters. The number of amides is 2. The summed E-state index contributed by atoms with van der Waals surface area (Å²) in [4.78, 5) is 44.1. The molecule has 6 heteroatoms. The molecule has 1 aromatic rings. The van der Waals surface area contributed by atoms with E-state index < -0.39 is 17.9 Å². The van der Waals surface area contributed by atoms with E-state index in [4.69, 9.17) is 5.73 Å². The van der Waals surface area contributed by atoms with E-state index in [0.29, 0.717) is 12.6 Å². The minimum atomic E-state index is -0.806. The van der Waals surface area contributed by atoms with Crippen molar-refractivity contribution >= 4 is 24.4 Å². The third-order valence-corrected chi connectivity index (χ3v) is 2.51. The number of aldehydes is 2. The van der Waals surface area contributed by atoms with Gasteiger partial charge in [0.1, 0.15) is 6.29 Å². The molecule has 19 heavy (non-hydrogen) atoms. The first-order valence-electron chi connectivity index (χ1n) is 5.67. The molecule has 100 valence electrons. The fraction of sp³-hybridized carbons (Fsp3) is 0.231. The fourth-order valence-electron chi connectivity index (χ4n) is 1.52. The molecule has 0 saturated carbocycles. The maximum Gasteiger partial charge on any atom is 0.252 e. The number of benzene rings is 1. The number of nitrogens with one attached hydrogen (secondary N) is 1. The summed E-state index contributed by atoms with van der Waals surface area (Å²) in [7, 11) is 0. The maximum absolute atomic E-state index is 11.9. The zero-order chi connectivity index (χ0) is 14.3. The van der Waals surface area contributed by atoms with Gasteiger partial charge in [-0.3, -0.25) is 14.4 Å². The van der Waals surface area contributed by atoms with Crippen LogP contribution in [-0.2, 0) is 9.59 Å². The van der Waals surface area contributed by atoms with Gasteiger partial charge in [0.05, 0.1) is 6.04 Å². The Hall–Kier alpha value is -2.50. The van der Waals surface area contributed by atoms with E-state index in [-0.39, 0.29) is 24.0 Å². The Balaban J connectivity index is 2.74. The highest BCUT2D eigenvalue weighted by molar-refractivity contribution is 6.02. The largest absolute Gasteiger partial charge is 0.370 e. The molecule has 1 rings (SSSR count). The lowest BCUT2D eigenvalue weighted by Gasteiger charge is -2.12. The van der Waals surface area contributed by atoms with Crippen LogP contribution in [0.1, 0.15) is 33.6 Å². The van der Waals surface area contributed by atoms with Gasteiger partial charge in [-0.2, -0.15) is 0 Å². The van der Waals surface area contributed by atoms with Crippen molar-refractivity contribution in [2.45, 2.75) is 18.9 Å². The van der Waals surface area contributed by atoms with Crippen molar-refractivity contribution in [3.63, 3.8) is 0 Å². The summed E-state index contributed by atoms with van der Waals surface area (Å²) < 4.78 is 0. The molecule has 0 heterocycles. The summed E-state index contributed by atoms with van der Waals surface area (Å²) in [5.74, 6) is -1.08. The zero-order valence-corrected chi connectivity index (χ0v) is 10.2. The SMILES string of the molecule is NC(=O)CCC(C=O)NC(=O)c1ccccc1C=O. The second-order valence-corrected chi connectivity index (χ2v) is 3.93. The molecule has 0 aliphatic carbocycles. The molecule has 0 saturated heterocycles. The number of carbonyl (C=O) groups excluding carboxylic acids is 4. The highest BCUT2D eigenvalue weighted by Crippen LogP contribution is 2.07. The number of carbonyl (C=O) groups is 4. The first kappa shape index (κ1) is 14.6. The van der Waals surface area contributed by atoms with E-state index in [9.17, 15) is 19.2 Å². The first-order chi connectivity index (χ1) is 9.08. The molecule has 0 spiro atoms. The van der Waals surface area contributed by atoms with Gasteiger partial charge >= 0.3 is 0 Å². The molecule has 1 aromatic carbocycles. The monoisotopic (exact) mass is 262 g/mol. The molecule has 1 atom stereocenters. The van der Waals surface area contributed by atoms with Crippen molar-refractivity contribution < 1.29 is 19.2 Å². The number of primary amides is 1. The summed E-state index contributed by atoms with van der Waals surface area (Å²) in [5, 5.41) is 2.44. The van der Waals surface area contributed by atoms with E-state index in [1.807, 2.05) is 0 Å². The molecule has 0 aromatic heterocycles. The Morgan fingerprint density at radius 1 is 1.26 bits per heavy atom. The summed E-state index contributed by atoms with van der Waals surface area (Å²) in [6.45, 7) is 0. The molecule has 6 nitrogen and oxygen atoms in total. The van der Waals surface area contributed by atoms with Gasteiger partial charge in [0.15, 0.2) is 6.29 Å². The van der Waals surface area contributed by atoms with Gasteiger partial charge in [0, 0.05) is 17.5 Å². The van der Waals surface area contributed by atoms with E-state index in [0.717, 1.165) is 0 Å². The van der Waals surface area contributed by atoms with Crippen molar-refractivity contribution in [2.24, 2.45) is 5.73 Å². The van der Waals surface area contributed by atoms with Crippen molar-refractivity contribution in [3.8, 4) is 0 Å². The fourth-order valence-corrected chi connectivity index (χ4v) is 1.52. The highest BCUT2D eigenvalue weighted by atomic mass is 16.2. The van der Waals surface area contributed by atoms with Gasteiger partial charge in [0.2, 0.25) is 5.91 Å². The number of hydrogen-bond donors (Lipinski definition) is 2. The average molecular weight is 262 g/mol. The van der Waals surface area contributed by atoms with Crippen LogP contribution in [-0.4, -0.2) is 30.4 Å². The summed E-state index contributed by atoms with van der Waals surface area (Å²) >= 11 is 0. The minimum absolute atomic E-state index is 0.000978. The highest BCUT2D eigenvalue weighted by Gasteiger charge is 2.15. The zero-order valence-electron chi connectivity index (χ0n) is 10.2. The van der Waals surface area contributed by atoms with Gasteiger partial charge in [-0.05, 0) is 12.5 Å². The lowest BCUT2D eigenvalue weighted by Crippen LogP contribution is -2.37. The van der Waals surface area contributed by atoms with Gasteiger partial charge in [-0.25, -0.2) is 0 Å². The van der Waals surface area contributed by atoms with Gasteiger partial charge in [-0.15, -0.1) is 0 Å². The second-order valence-electron chi connectivity index (χ2n) is 3.93. The van der Waals surface area contributed by atoms with Crippen LogP contribution in [0.15, 0.2) is 24.3 Å². The second kappa shape index (κ2) is 7.05. The normalized spacial score (nSPS) is 11.4. The van der Waals surface area contributed by atoms with Gasteiger partial charge < -0.3 is 15.8 Å². The Kier molecular flexibility index (Phi) is 5.40. The van der Waals surface area contributed by atoms with E-state index in [1.54, 1.807) is 12.1 Å². The lowest BCUT2D eigenvalue weighted by molar-refractivity contribution is -0.118. The lowest BCUT2D eigenvalue weighted by atomic mass is 10.1. The van der Waals surface area contributed by atoms with Crippen LogP contribution in [0.3, 0.4) is 0 Å². The summed E-state index contributed by atoms with van der Waals surface area (Å²) in [6.07, 6.45) is 1.23. The molecule has 3 N–H and O–H groups in total. The summed E-state index contributed by atoms with van der Waals surface area (Å²) in [5.41, 5.74) is 5.39. The van der Waals surface area contributed by atoms with Crippen LogP contribution in [0.25, 0.3) is 0 Å². The number of nitrogens with two attached hydrogens (primary N) is 1. The van der Waals surface area contributed by atoms with Crippen molar-refractivity contribution in [1.29, 1.82) is 0 Å². The predicted molar refractivity (Wildman–Crippen MR) is 67.6 cm³/mol. The van der Waals surface area contributed by atoms with E-state index in [1.165, 1.54) is 12.1 Å². The third-order valence-electron chi connectivity index (χ3n) is 2.51. The van der Waals surface area contributed by atoms with E-state index >= 15 is 0 Å². The topological polar surface area (TPSA) is 106 Å². The van der Waals surface area contributed by atoms with Crippen LogP contribution in [0, 0.1) is 0 Å². The quantitative estimate of drug-likeness (QED) is 0.677. The van der Waals surface area contributed by atoms with Crippen LogP contribution < -0.4 is 11.1 Å². The van der Waals surface area contributed by atoms with Crippen LogP contribution in [0.2, 0.25) is 0 Å². The molecule has 0 fully saturated rings. The van der Waals surface area contributed by atoms with E-state index in [2.05, 4.69) is 5.32 Å². The minimum Gasteiger partial charge on any atom is -0.370 e. The smallest absolute Gasteiger partial charge is 0.252 e. The van der Waals surface area contributed by atoms with Gasteiger partial charge in [0.25, 0.3) is 5.91 Å². The molecule has 0 aliphatic rings. The van der Waals surface area contributed by atoms with Crippen LogP contribution in [0.5, 0.6) is 0 Å². The van der Waals surface area contributed by atoms with Crippen molar-refractivity contribution in [2.75, 3.05) is 0 Å². The molecule has 2 amide bonds. The van der Waals surface area contributed by atoms with Gasteiger partial charge in [-0.1, -0.05) is 18.2 Å². The van der Waals surface area contributed by atoms with Crippen molar-refractivity contribution in [3.05, 3.63) is 35.4 Å². The maximum atomic E-state index is 11.9. The molecule has 0 radical (unpaired) electrons. The molecular formula is C13H14N2O4. The predicted octanol–water partition coefficient (Wildman–Crippen LogP) is 0.0619.